The van der Waals surface area contributed by atoms with E-state index in [1.807, 2.05) is 57.2 Å². The predicted octanol–water partition coefficient (Wildman–Crippen LogP) is 9.18. The summed E-state index contributed by atoms with van der Waals surface area (Å²) in [4.78, 5) is 5.93. The molecule has 3 nitrogen and oxygen atoms in total. The SMILES string of the molecule is C=C(C)N(C)C.CC=N/C=C(\C)CC.CC[C@H](C)Cc1ccccc1.CCc1cc(C#N)ccc1C. The first kappa shape index (κ1) is 35.0. The minimum Gasteiger partial charge on any atom is -0.382 e. The van der Waals surface area contributed by atoms with Crippen LogP contribution in [0.2, 0.25) is 0 Å². The van der Waals surface area contributed by atoms with Gasteiger partial charge in [0.05, 0.1) is 11.6 Å². The van der Waals surface area contributed by atoms with Gasteiger partial charge < -0.3 is 4.90 Å². The van der Waals surface area contributed by atoms with Crippen LogP contribution in [0.15, 0.2) is 77.6 Å². The van der Waals surface area contributed by atoms with Crippen LogP contribution < -0.4 is 0 Å². The Balaban J connectivity index is 0. The standard InChI is InChI=1S/C11H16.C10H11N.C7H13N.C5H11N/c1-3-10(2)9-11-7-5-4-6-8-11;1-3-10-6-9(7-11)5-4-8(10)2;1-4-7(3)6-8-5-2;1-5(2)6(3)4/h4-8,10H,3,9H2,1-2H3;4-6H,3H2,1-2H3;5-6H,4H2,1-3H3;1H2,2-4H3/b;;7-6+,8-5?;/t10-;;;/m0.../s1. The molecule has 1 atom stereocenters. The lowest BCUT2D eigenvalue weighted by atomic mass is 9.99. The fourth-order valence-electron chi connectivity index (χ4n) is 2.58. The normalized spacial score (nSPS) is 11.0. The van der Waals surface area contributed by atoms with E-state index in [4.69, 9.17) is 5.26 Å². The van der Waals surface area contributed by atoms with E-state index < -0.39 is 0 Å². The van der Waals surface area contributed by atoms with Gasteiger partial charge >= 0.3 is 0 Å². The van der Waals surface area contributed by atoms with Crippen molar-refractivity contribution >= 4 is 6.21 Å². The molecule has 0 N–H and O–H groups in total. The summed E-state index contributed by atoms with van der Waals surface area (Å²) in [6, 6.07) is 18.6. The Morgan fingerprint density at radius 2 is 1.67 bits per heavy atom. The van der Waals surface area contributed by atoms with Gasteiger partial charge in [0.1, 0.15) is 0 Å². The highest BCUT2D eigenvalue weighted by atomic mass is 15.1. The van der Waals surface area contributed by atoms with Crippen molar-refractivity contribution < 1.29 is 0 Å². The van der Waals surface area contributed by atoms with Crippen molar-refractivity contribution in [3.8, 4) is 6.07 Å². The molecule has 2 aromatic rings. The van der Waals surface area contributed by atoms with Gasteiger partial charge in [-0.25, -0.2) is 0 Å². The lowest BCUT2D eigenvalue weighted by Crippen LogP contribution is -2.05. The number of nitriles is 1. The summed E-state index contributed by atoms with van der Waals surface area (Å²) in [5.74, 6) is 0.817. The van der Waals surface area contributed by atoms with Gasteiger partial charge in [-0.15, -0.1) is 0 Å². The van der Waals surface area contributed by atoms with Crippen LogP contribution in [0, 0.1) is 24.2 Å². The van der Waals surface area contributed by atoms with E-state index >= 15 is 0 Å². The van der Waals surface area contributed by atoms with Crippen molar-refractivity contribution in [3.05, 3.63) is 94.8 Å². The first-order valence-electron chi connectivity index (χ1n) is 13.1. The van der Waals surface area contributed by atoms with Gasteiger partial charge in [0.2, 0.25) is 0 Å². The lowest BCUT2D eigenvalue weighted by Gasteiger charge is -2.08. The zero-order valence-electron chi connectivity index (χ0n) is 24.7. The fourth-order valence-corrected chi connectivity index (χ4v) is 2.58. The minimum atomic E-state index is 0.757. The summed E-state index contributed by atoms with van der Waals surface area (Å²) in [5, 5.41) is 8.60. The quantitative estimate of drug-likeness (QED) is 0.364. The highest BCUT2D eigenvalue weighted by Crippen LogP contribution is 2.11. The smallest absolute Gasteiger partial charge is 0.0991 e. The maximum absolute atomic E-state index is 8.60. The molecule has 0 heterocycles. The second-order valence-corrected chi connectivity index (χ2v) is 9.18. The third-order valence-electron chi connectivity index (χ3n) is 5.75. The zero-order valence-corrected chi connectivity index (χ0v) is 24.7. The predicted molar refractivity (Wildman–Crippen MR) is 162 cm³/mol. The van der Waals surface area contributed by atoms with Crippen molar-refractivity contribution in [1.29, 1.82) is 5.26 Å². The third kappa shape index (κ3) is 19.2. The van der Waals surface area contributed by atoms with Crippen molar-refractivity contribution in [2.24, 2.45) is 10.9 Å². The molecule has 0 fully saturated rings. The number of hydrogen-bond acceptors (Lipinski definition) is 3. The van der Waals surface area contributed by atoms with E-state index in [0.29, 0.717) is 0 Å². The molecule has 0 unspecified atom stereocenters. The Labute approximate surface area is 223 Å². The molecule has 0 aliphatic carbocycles. The summed E-state index contributed by atoms with van der Waals surface area (Å²) in [6.45, 7) is 20.5. The molecule has 0 spiro atoms. The lowest BCUT2D eigenvalue weighted by molar-refractivity contribution is 0.516. The number of hydrogen-bond donors (Lipinski definition) is 0. The summed E-state index contributed by atoms with van der Waals surface area (Å²) < 4.78 is 0. The van der Waals surface area contributed by atoms with Gasteiger partial charge in [-0.05, 0) is 81.7 Å². The van der Waals surface area contributed by atoms with E-state index in [2.05, 4.69) is 89.5 Å². The van der Waals surface area contributed by atoms with Crippen molar-refractivity contribution in [1.82, 2.24) is 4.90 Å². The summed E-state index contributed by atoms with van der Waals surface area (Å²) >= 11 is 0. The van der Waals surface area contributed by atoms with Gasteiger partial charge in [-0.2, -0.15) is 5.26 Å². The first-order valence-corrected chi connectivity index (χ1v) is 13.1. The van der Waals surface area contributed by atoms with E-state index in [9.17, 15) is 0 Å². The topological polar surface area (TPSA) is 39.4 Å². The highest BCUT2D eigenvalue weighted by Gasteiger charge is 1.98. The maximum atomic E-state index is 8.60. The van der Waals surface area contributed by atoms with Crippen LogP contribution in [0.1, 0.15) is 83.6 Å². The van der Waals surface area contributed by atoms with Gasteiger partial charge in [-0.1, -0.05) is 82.7 Å². The molecule has 198 valence electrons. The molecule has 0 bridgehead atoms. The Hall–Kier alpha value is -3.12. The zero-order chi connectivity index (χ0) is 27.9. The molecule has 3 heteroatoms. The monoisotopic (exact) mass is 489 g/mol. The molecule has 2 aromatic carbocycles. The second-order valence-electron chi connectivity index (χ2n) is 9.18. The van der Waals surface area contributed by atoms with E-state index in [1.54, 1.807) is 6.21 Å². The van der Waals surface area contributed by atoms with E-state index in [0.717, 1.165) is 30.0 Å². The number of allylic oxidation sites excluding steroid dienone is 2. The summed E-state index contributed by atoms with van der Waals surface area (Å²) in [6.07, 6.45) is 8.27. The Morgan fingerprint density at radius 1 is 1.08 bits per heavy atom. The van der Waals surface area contributed by atoms with Crippen molar-refractivity contribution in [2.75, 3.05) is 14.1 Å². The minimum absolute atomic E-state index is 0.757. The summed E-state index contributed by atoms with van der Waals surface area (Å²) in [7, 11) is 3.95. The summed E-state index contributed by atoms with van der Waals surface area (Å²) in [5.41, 5.74) is 7.17. The molecular formula is C33H51N3. The first-order chi connectivity index (χ1) is 17.1. The Bertz CT molecular complexity index is 931. The van der Waals surface area contributed by atoms with Crippen LogP contribution >= 0.6 is 0 Å². The van der Waals surface area contributed by atoms with Gasteiger partial charge in [0.15, 0.2) is 0 Å². The van der Waals surface area contributed by atoms with Crippen molar-refractivity contribution in [3.63, 3.8) is 0 Å². The molecule has 0 aliphatic heterocycles. The molecule has 0 amide bonds. The van der Waals surface area contributed by atoms with Gasteiger partial charge in [0, 0.05) is 32.2 Å². The Kier molecular flexibility index (Phi) is 21.8. The average Bonchev–Trinajstić information content (AvgIpc) is 2.89. The molecule has 0 radical (unpaired) electrons. The number of aryl methyl sites for hydroxylation is 2. The molecule has 2 rings (SSSR count). The van der Waals surface area contributed by atoms with Crippen LogP contribution in [-0.2, 0) is 12.8 Å². The van der Waals surface area contributed by atoms with Gasteiger partial charge in [0.25, 0.3) is 0 Å². The Morgan fingerprint density at radius 3 is 2.08 bits per heavy atom. The van der Waals surface area contributed by atoms with Crippen LogP contribution in [0.5, 0.6) is 0 Å². The van der Waals surface area contributed by atoms with Crippen LogP contribution in [0.4, 0.5) is 0 Å². The largest absolute Gasteiger partial charge is 0.382 e. The van der Waals surface area contributed by atoms with Crippen LogP contribution in [0.25, 0.3) is 0 Å². The molecule has 0 saturated carbocycles. The maximum Gasteiger partial charge on any atom is 0.0991 e. The second kappa shape index (κ2) is 22.4. The number of benzene rings is 2. The highest BCUT2D eigenvalue weighted by molar-refractivity contribution is 5.54. The molecular weight excluding hydrogens is 438 g/mol. The number of aliphatic imine (C=N–C) groups is 1. The molecule has 0 aromatic heterocycles. The van der Waals surface area contributed by atoms with Crippen LogP contribution in [0.3, 0.4) is 0 Å². The van der Waals surface area contributed by atoms with E-state index in [-0.39, 0.29) is 0 Å². The third-order valence-corrected chi connectivity index (χ3v) is 5.75. The van der Waals surface area contributed by atoms with Crippen LogP contribution in [-0.4, -0.2) is 25.2 Å². The van der Waals surface area contributed by atoms with Gasteiger partial charge in [-0.3, -0.25) is 4.99 Å². The molecule has 0 aliphatic rings. The number of rotatable bonds is 7. The molecule has 0 saturated heterocycles. The van der Waals surface area contributed by atoms with E-state index in [1.165, 1.54) is 35.1 Å². The molecule has 36 heavy (non-hydrogen) atoms. The average molecular weight is 490 g/mol. The van der Waals surface area contributed by atoms with Crippen molar-refractivity contribution in [2.45, 2.75) is 81.1 Å². The fraction of sp³-hybridized carbons (Fsp3) is 0.455. The number of nitrogens with zero attached hydrogens (tertiary/aromatic N) is 3.